The number of carbonyl (C=O) groups excluding carboxylic acids is 1. The number of ether oxygens (including phenoxy) is 1. The van der Waals surface area contributed by atoms with Gasteiger partial charge in [0, 0.05) is 11.3 Å². The lowest BCUT2D eigenvalue weighted by molar-refractivity contribution is 0.102. The van der Waals surface area contributed by atoms with Gasteiger partial charge in [-0.2, -0.15) is 5.10 Å². The molecule has 0 saturated carbocycles. The summed E-state index contributed by atoms with van der Waals surface area (Å²) in [6, 6.07) is 14.8. The molecule has 2 aromatic carbocycles. The SMILES string of the molecule is Cc1ccc(NC(=O)c2ccccc2OCc2nonc2C)c(-c2cc(C)[nH]n2)c1. The average Bonchev–Trinajstić information content (AvgIpc) is 3.36. The first kappa shape index (κ1) is 19.4. The number of nitrogens with one attached hydrogen (secondary N) is 2. The third-order valence-electron chi connectivity index (χ3n) is 4.65. The molecule has 8 heteroatoms. The first-order valence-electron chi connectivity index (χ1n) is 9.45. The number of aromatic amines is 1. The monoisotopic (exact) mass is 403 g/mol. The lowest BCUT2D eigenvalue weighted by Gasteiger charge is -2.13. The largest absolute Gasteiger partial charge is 0.486 e. The van der Waals surface area contributed by atoms with Gasteiger partial charge in [-0.15, -0.1) is 0 Å². The minimum Gasteiger partial charge on any atom is -0.486 e. The third-order valence-corrected chi connectivity index (χ3v) is 4.65. The van der Waals surface area contributed by atoms with Crippen molar-refractivity contribution in [2.45, 2.75) is 27.4 Å². The molecule has 0 bridgehead atoms. The van der Waals surface area contributed by atoms with Crippen molar-refractivity contribution in [3.63, 3.8) is 0 Å². The molecule has 0 fully saturated rings. The van der Waals surface area contributed by atoms with Gasteiger partial charge in [-0.25, -0.2) is 4.63 Å². The molecule has 30 heavy (non-hydrogen) atoms. The van der Waals surface area contributed by atoms with E-state index in [0.717, 1.165) is 22.5 Å². The Morgan fingerprint density at radius 1 is 1.10 bits per heavy atom. The van der Waals surface area contributed by atoms with Crippen molar-refractivity contribution in [2.75, 3.05) is 5.32 Å². The van der Waals surface area contributed by atoms with Gasteiger partial charge in [0.25, 0.3) is 5.91 Å². The zero-order valence-corrected chi connectivity index (χ0v) is 16.9. The number of carbonyl (C=O) groups is 1. The Kier molecular flexibility index (Phi) is 5.30. The van der Waals surface area contributed by atoms with E-state index < -0.39 is 0 Å². The first-order chi connectivity index (χ1) is 14.5. The van der Waals surface area contributed by atoms with Crippen molar-refractivity contribution in [2.24, 2.45) is 0 Å². The summed E-state index contributed by atoms with van der Waals surface area (Å²) in [6.45, 7) is 5.87. The van der Waals surface area contributed by atoms with Crippen LogP contribution in [0, 0.1) is 20.8 Å². The molecule has 0 unspecified atom stereocenters. The van der Waals surface area contributed by atoms with E-state index in [1.807, 2.05) is 44.2 Å². The molecule has 2 N–H and O–H groups in total. The van der Waals surface area contributed by atoms with Gasteiger partial charge in [-0.1, -0.05) is 34.1 Å². The van der Waals surface area contributed by atoms with E-state index in [0.29, 0.717) is 28.4 Å². The molecule has 4 rings (SSSR count). The molecule has 4 aromatic rings. The van der Waals surface area contributed by atoms with Crippen LogP contribution in [0.3, 0.4) is 0 Å². The fourth-order valence-corrected chi connectivity index (χ4v) is 3.03. The highest BCUT2D eigenvalue weighted by molar-refractivity contribution is 6.07. The number of aryl methyl sites for hydroxylation is 3. The van der Waals surface area contributed by atoms with Crippen LogP contribution >= 0.6 is 0 Å². The van der Waals surface area contributed by atoms with Gasteiger partial charge < -0.3 is 10.1 Å². The minimum absolute atomic E-state index is 0.155. The quantitative estimate of drug-likeness (QED) is 0.499. The van der Waals surface area contributed by atoms with Crippen molar-refractivity contribution >= 4 is 11.6 Å². The van der Waals surface area contributed by atoms with Gasteiger partial charge in [-0.05, 0) is 51.1 Å². The van der Waals surface area contributed by atoms with Crippen LogP contribution in [-0.4, -0.2) is 26.4 Å². The number of amides is 1. The maximum absolute atomic E-state index is 13.1. The Morgan fingerprint density at radius 2 is 1.93 bits per heavy atom. The van der Waals surface area contributed by atoms with Crippen molar-refractivity contribution in [3.8, 4) is 17.0 Å². The van der Waals surface area contributed by atoms with Crippen LogP contribution in [0.2, 0.25) is 0 Å². The predicted molar refractivity (Wildman–Crippen MR) is 111 cm³/mol. The van der Waals surface area contributed by atoms with Crippen LogP contribution in [0.4, 0.5) is 5.69 Å². The summed E-state index contributed by atoms with van der Waals surface area (Å²) in [5, 5.41) is 17.8. The smallest absolute Gasteiger partial charge is 0.259 e. The van der Waals surface area contributed by atoms with Gasteiger partial charge in [0.1, 0.15) is 23.7 Å². The van der Waals surface area contributed by atoms with Gasteiger partial charge >= 0.3 is 0 Å². The standard InChI is InChI=1S/C22H21N5O3/c1-13-8-9-18(17(10-13)19-11-14(2)24-25-19)23-22(28)16-6-4-5-7-21(16)29-12-20-15(3)26-30-27-20/h4-11H,12H2,1-3H3,(H,23,28)(H,24,25). The molecule has 0 aliphatic heterocycles. The zero-order chi connectivity index (χ0) is 21.1. The van der Waals surface area contributed by atoms with E-state index in [1.165, 1.54) is 0 Å². The van der Waals surface area contributed by atoms with Crippen LogP contribution in [0.1, 0.15) is 33.0 Å². The molecule has 1 amide bonds. The molecule has 0 atom stereocenters. The molecule has 0 saturated heterocycles. The van der Waals surface area contributed by atoms with Crippen LogP contribution in [0.25, 0.3) is 11.3 Å². The lowest BCUT2D eigenvalue weighted by atomic mass is 10.1. The summed E-state index contributed by atoms with van der Waals surface area (Å²) in [5.41, 5.74) is 5.94. The third kappa shape index (κ3) is 4.07. The van der Waals surface area contributed by atoms with Crippen LogP contribution in [0.5, 0.6) is 5.75 Å². The molecular formula is C22H21N5O3. The molecule has 8 nitrogen and oxygen atoms in total. The van der Waals surface area contributed by atoms with Gasteiger partial charge in [0.05, 0.1) is 16.9 Å². The van der Waals surface area contributed by atoms with E-state index >= 15 is 0 Å². The number of nitrogens with zero attached hydrogens (tertiary/aromatic N) is 3. The molecular weight excluding hydrogens is 382 g/mol. The number of anilines is 1. The molecule has 2 heterocycles. The number of hydrogen-bond acceptors (Lipinski definition) is 6. The Bertz CT molecular complexity index is 1190. The fraction of sp³-hybridized carbons (Fsp3) is 0.182. The fourth-order valence-electron chi connectivity index (χ4n) is 3.03. The van der Waals surface area contributed by atoms with Gasteiger partial charge in [0.15, 0.2) is 0 Å². The number of H-pyrrole nitrogens is 1. The summed E-state index contributed by atoms with van der Waals surface area (Å²) >= 11 is 0. The van der Waals surface area contributed by atoms with Crippen molar-refractivity contribution < 1.29 is 14.2 Å². The number of hydrogen-bond donors (Lipinski definition) is 2. The summed E-state index contributed by atoms with van der Waals surface area (Å²) in [6.07, 6.45) is 0. The maximum atomic E-state index is 13.1. The maximum Gasteiger partial charge on any atom is 0.259 e. The van der Waals surface area contributed by atoms with E-state index in [9.17, 15) is 4.79 Å². The molecule has 152 valence electrons. The number of para-hydroxylation sites is 1. The topological polar surface area (TPSA) is 106 Å². The van der Waals surface area contributed by atoms with Crippen LogP contribution < -0.4 is 10.1 Å². The first-order valence-corrected chi connectivity index (χ1v) is 9.45. The highest BCUT2D eigenvalue weighted by Gasteiger charge is 2.17. The molecule has 0 aliphatic rings. The van der Waals surface area contributed by atoms with E-state index in [2.05, 4.69) is 30.5 Å². The Labute approximate surface area is 173 Å². The zero-order valence-electron chi connectivity index (χ0n) is 16.9. The molecule has 0 radical (unpaired) electrons. The molecule has 0 aliphatic carbocycles. The van der Waals surface area contributed by atoms with Crippen LogP contribution in [-0.2, 0) is 6.61 Å². The van der Waals surface area contributed by atoms with Crippen molar-refractivity contribution in [1.29, 1.82) is 0 Å². The summed E-state index contributed by atoms with van der Waals surface area (Å²) in [4.78, 5) is 13.1. The second-order valence-corrected chi connectivity index (χ2v) is 7.02. The Morgan fingerprint density at radius 3 is 2.67 bits per heavy atom. The molecule has 2 aromatic heterocycles. The number of benzene rings is 2. The van der Waals surface area contributed by atoms with Gasteiger partial charge in [-0.3, -0.25) is 9.89 Å². The number of aromatic nitrogens is 4. The predicted octanol–water partition coefficient (Wildman–Crippen LogP) is 4.22. The second-order valence-electron chi connectivity index (χ2n) is 7.02. The molecule has 0 spiro atoms. The summed E-state index contributed by atoms with van der Waals surface area (Å²) < 4.78 is 10.5. The van der Waals surface area contributed by atoms with Crippen molar-refractivity contribution in [3.05, 3.63) is 76.7 Å². The lowest BCUT2D eigenvalue weighted by Crippen LogP contribution is -2.14. The normalized spacial score (nSPS) is 10.8. The minimum atomic E-state index is -0.280. The van der Waals surface area contributed by atoms with E-state index in [4.69, 9.17) is 4.74 Å². The Balaban J connectivity index is 1.59. The Hall–Kier alpha value is -3.94. The van der Waals surface area contributed by atoms with Gasteiger partial charge in [0.2, 0.25) is 0 Å². The second kappa shape index (κ2) is 8.20. The van der Waals surface area contributed by atoms with E-state index in [-0.39, 0.29) is 12.5 Å². The highest BCUT2D eigenvalue weighted by atomic mass is 16.6. The van der Waals surface area contributed by atoms with E-state index in [1.54, 1.807) is 25.1 Å². The highest BCUT2D eigenvalue weighted by Crippen LogP contribution is 2.29. The van der Waals surface area contributed by atoms with Crippen LogP contribution in [0.15, 0.2) is 53.2 Å². The van der Waals surface area contributed by atoms with Crippen molar-refractivity contribution in [1.82, 2.24) is 20.5 Å². The summed E-state index contributed by atoms with van der Waals surface area (Å²) in [5.74, 6) is 0.166. The summed E-state index contributed by atoms with van der Waals surface area (Å²) in [7, 11) is 0. The average molecular weight is 403 g/mol. The number of rotatable bonds is 6.